The van der Waals surface area contributed by atoms with Crippen molar-refractivity contribution in [3.8, 4) is 0 Å². The van der Waals surface area contributed by atoms with Gasteiger partial charge in [0, 0.05) is 10.6 Å². The van der Waals surface area contributed by atoms with Crippen LogP contribution in [-0.4, -0.2) is 45.1 Å². The number of hydrogen-bond donors (Lipinski definition) is 2. The Hall–Kier alpha value is -4.30. The number of halogens is 7. The molecule has 214 valence electrons. The van der Waals surface area contributed by atoms with Gasteiger partial charge in [0.05, 0.1) is 46.0 Å². The van der Waals surface area contributed by atoms with Gasteiger partial charge >= 0.3 is 6.18 Å². The first kappa shape index (κ1) is 29.7. The number of nitrogens with one attached hydrogen (secondary N) is 1. The highest BCUT2D eigenvalue weighted by molar-refractivity contribution is 6.38. The molecular weight excluding hydrogens is 596 g/mol. The summed E-state index contributed by atoms with van der Waals surface area (Å²) in [5.41, 5.74) is 4.47. The summed E-state index contributed by atoms with van der Waals surface area (Å²) in [6.07, 6.45) is -6.08. The van der Waals surface area contributed by atoms with Gasteiger partial charge in [0.1, 0.15) is 12.2 Å². The van der Waals surface area contributed by atoms with Crippen molar-refractivity contribution < 1.29 is 31.5 Å². The molecule has 2 heterocycles. The van der Waals surface area contributed by atoms with Gasteiger partial charge in [-0.05, 0) is 30.3 Å². The van der Waals surface area contributed by atoms with Crippen LogP contribution in [0, 0.1) is 0 Å². The molecule has 0 spiro atoms. The number of alkyl halides is 5. The second-order valence-corrected chi connectivity index (χ2v) is 9.37. The number of aromatic nitrogens is 2. The molecule has 0 aliphatic carbocycles. The van der Waals surface area contributed by atoms with Gasteiger partial charge in [0.25, 0.3) is 18.2 Å². The molecule has 16 heteroatoms. The fourth-order valence-electron chi connectivity index (χ4n) is 3.71. The molecule has 1 aliphatic rings. The number of nitrogens with two attached hydrogens (primary N) is 1. The summed E-state index contributed by atoms with van der Waals surface area (Å²) in [5, 5.41) is 12.0. The summed E-state index contributed by atoms with van der Waals surface area (Å²) in [6.45, 7) is 2.69. The predicted octanol–water partition coefficient (Wildman–Crippen LogP) is 5.59. The molecule has 0 unspecified atom stereocenters. The summed E-state index contributed by atoms with van der Waals surface area (Å²) in [7, 11) is 0. The number of amidine groups is 1. The van der Waals surface area contributed by atoms with Crippen molar-refractivity contribution in [1.82, 2.24) is 14.8 Å². The summed E-state index contributed by atoms with van der Waals surface area (Å²) >= 11 is 12.0. The Bertz CT molecular complexity index is 1580. The Morgan fingerprint density at radius 2 is 1.78 bits per heavy atom. The Morgan fingerprint density at radius 1 is 1.10 bits per heavy atom. The second kappa shape index (κ2) is 11.7. The molecular formula is C25H18Cl2F5N7O2. The van der Waals surface area contributed by atoms with Crippen molar-refractivity contribution in [1.29, 1.82) is 0 Å². The number of amides is 2. The maximum Gasteiger partial charge on any atom is 0.416 e. The quantitative estimate of drug-likeness (QED) is 0.322. The maximum atomic E-state index is 13.3. The lowest BCUT2D eigenvalue weighted by atomic mass is 10.1. The molecule has 9 nitrogen and oxygen atoms in total. The summed E-state index contributed by atoms with van der Waals surface area (Å²) in [4.78, 5) is 29.1. The lowest BCUT2D eigenvalue weighted by Crippen LogP contribution is -2.23. The molecule has 4 rings (SSSR count). The lowest BCUT2D eigenvalue weighted by Gasteiger charge is -2.22. The van der Waals surface area contributed by atoms with Crippen molar-refractivity contribution in [2.24, 2.45) is 15.8 Å². The molecule has 2 aromatic carbocycles. The second-order valence-electron chi connectivity index (χ2n) is 8.53. The minimum absolute atomic E-state index is 0.0625. The third-order valence-electron chi connectivity index (χ3n) is 5.60. The molecule has 0 bridgehead atoms. The normalized spacial score (nSPS) is 13.5. The highest BCUT2D eigenvalue weighted by Crippen LogP contribution is 2.31. The van der Waals surface area contributed by atoms with E-state index in [9.17, 15) is 31.5 Å². The number of rotatable bonds is 8. The molecule has 0 fully saturated rings. The van der Waals surface area contributed by atoms with E-state index in [1.54, 1.807) is 0 Å². The standard InChI is InChI=1S/C25H18Cl2F5N7O2/c1-12-9-34-23(13-2-4-14(5-3-13)25(30,31)32)37-38(12)10-16-8-19(39(36-16)11-20(28)29)24(41)35-21-17(22(33)40)6-15(26)7-18(21)27/h2-9,20H,1,10-11H2,(H2,33,40)(H,35,41). The molecule has 0 saturated heterocycles. The van der Waals surface area contributed by atoms with Crippen LogP contribution in [-0.2, 0) is 19.3 Å². The molecule has 0 saturated carbocycles. The van der Waals surface area contributed by atoms with Gasteiger partial charge in [-0.25, -0.2) is 13.8 Å². The Kier molecular flexibility index (Phi) is 8.44. The number of anilines is 1. The van der Waals surface area contributed by atoms with E-state index in [2.05, 4.69) is 27.1 Å². The largest absolute Gasteiger partial charge is 0.416 e. The summed E-state index contributed by atoms with van der Waals surface area (Å²) < 4.78 is 66.1. The number of allylic oxidation sites excluding steroid dienone is 1. The van der Waals surface area contributed by atoms with Gasteiger partial charge in [-0.15, -0.1) is 0 Å². The zero-order chi connectivity index (χ0) is 30.1. The van der Waals surface area contributed by atoms with Crippen LogP contribution in [0.25, 0.3) is 0 Å². The third-order valence-corrected chi connectivity index (χ3v) is 6.11. The maximum absolute atomic E-state index is 13.3. The third kappa shape index (κ3) is 6.89. The van der Waals surface area contributed by atoms with Gasteiger partial charge in [-0.2, -0.15) is 23.4 Å². The first-order chi connectivity index (χ1) is 19.2. The van der Waals surface area contributed by atoms with Crippen molar-refractivity contribution in [3.63, 3.8) is 0 Å². The summed E-state index contributed by atoms with van der Waals surface area (Å²) in [5.74, 6) is -1.81. The van der Waals surface area contributed by atoms with Gasteiger partial charge in [-0.3, -0.25) is 19.3 Å². The summed E-state index contributed by atoms with van der Waals surface area (Å²) in [6, 6.07) is 7.83. The topological polar surface area (TPSA) is 118 Å². The minimum Gasteiger partial charge on any atom is -0.366 e. The number of hydrogen-bond acceptors (Lipinski definition) is 6. The van der Waals surface area contributed by atoms with Crippen molar-refractivity contribution >= 4 is 52.8 Å². The highest BCUT2D eigenvalue weighted by atomic mass is 35.5. The molecule has 1 aromatic heterocycles. The fourth-order valence-corrected chi connectivity index (χ4v) is 4.25. The monoisotopic (exact) mass is 613 g/mol. The Balaban J connectivity index is 1.62. The van der Waals surface area contributed by atoms with Crippen molar-refractivity contribution in [2.45, 2.75) is 25.7 Å². The zero-order valence-electron chi connectivity index (χ0n) is 20.6. The van der Waals surface area contributed by atoms with E-state index in [1.165, 1.54) is 41.6 Å². The Labute approximate surface area is 238 Å². The molecule has 3 aromatic rings. The fraction of sp³-hybridized carbons (Fsp3) is 0.160. The number of carbonyl (C=O) groups is 2. The van der Waals surface area contributed by atoms with Crippen molar-refractivity contribution in [2.75, 3.05) is 5.32 Å². The van der Waals surface area contributed by atoms with Crippen LogP contribution in [0.2, 0.25) is 10.0 Å². The average Bonchev–Trinajstić information content (AvgIpc) is 3.27. The number of hydrazone groups is 1. The molecule has 41 heavy (non-hydrogen) atoms. The number of aliphatic imine (C=N–C) groups is 1. The van der Waals surface area contributed by atoms with Crippen LogP contribution in [0.4, 0.5) is 27.6 Å². The lowest BCUT2D eigenvalue weighted by molar-refractivity contribution is -0.137. The first-order valence-electron chi connectivity index (χ1n) is 11.4. The highest BCUT2D eigenvalue weighted by Gasteiger charge is 2.30. The van der Waals surface area contributed by atoms with E-state index in [0.29, 0.717) is 0 Å². The van der Waals surface area contributed by atoms with Crippen LogP contribution < -0.4 is 11.1 Å². The van der Waals surface area contributed by atoms with Crippen LogP contribution in [0.1, 0.15) is 37.7 Å². The Morgan fingerprint density at radius 3 is 2.39 bits per heavy atom. The molecule has 3 N–H and O–H groups in total. The molecule has 1 aliphatic heterocycles. The molecule has 0 atom stereocenters. The number of primary amides is 1. The van der Waals surface area contributed by atoms with Gasteiger partial charge < -0.3 is 11.1 Å². The van der Waals surface area contributed by atoms with Gasteiger partial charge in [0.15, 0.2) is 5.84 Å². The average molecular weight is 614 g/mol. The van der Waals surface area contributed by atoms with E-state index in [4.69, 9.17) is 28.9 Å². The number of nitrogens with zero attached hydrogens (tertiary/aromatic N) is 5. The minimum atomic E-state index is -4.52. The van der Waals surface area contributed by atoms with E-state index in [0.717, 1.165) is 16.8 Å². The SMILES string of the molecule is C=C1C=NC(c2ccc(C(F)(F)F)cc2)=NN1Cc1cc(C(=O)Nc2c(Cl)cc(Cl)cc2C(N)=O)n(CC(F)F)n1. The van der Waals surface area contributed by atoms with E-state index in [1.807, 2.05) is 0 Å². The molecule has 2 amide bonds. The van der Waals surface area contributed by atoms with Crippen molar-refractivity contribution in [3.05, 3.63) is 92.9 Å². The van der Waals surface area contributed by atoms with Gasteiger partial charge in [-0.1, -0.05) is 41.9 Å². The predicted molar refractivity (Wildman–Crippen MR) is 142 cm³/mol. The van der Waals surface area contributed by atoms with Crippen LogP contribution in [0.3, 0.4) is 0 Å². The number of benzene rings is 2. The van der Waals surface area contributed by atoms with Crippen LogP contribution >= 0.6 is 23.2 Å². The van der Waals surface area contributed by atoms with E-state index >= 15 is 0 Å². The van der Waals surface area contributed by atoms with E-state index in [-0.39, 0.29) is 56.3 Å². The zero-order valence-corrected chi connectivity index (χ0v) is 22.1. The smallest absolute Gasteiger partial charge is 0.366 e. The van der Waals surface area contributed by atoms with Gasteiger partial charge in [0.2, 0.25) is 0 Å². The van der Waals surface area contributed by atoms with Crippen LogP contribution in [0.5, 0.6) is 0 Å². The number of carbonyl (C=O) groups excluding carboxylic acids is 2. The van der Waals surface area contributed by atoms with E-state index < -0.39 is 36.5 Å². The molecule has 0 radical (unpaired) electrons. The van der Waals surface area contributed by atoms with Crippen LogP contribution in [0.15, 0.2) is 64.8 Å². The first-order valence-corrected chi connectivity index (χ1v) is 12.2.